The van der Waals surface area contributed by atoms with Gasteiger partial charge in [-0.2, -0.15) is 0 Å². The molecule has 3 aliphatic rings. The van der Waals surface area contributed by atoms with Crippen molar-refractivity contribution in [2.45, 2.75) is 63.9 Å². The molecule has 3 aromatic rings. The van der Waals surface area contributed by atoms with Gasteiger partial charge in [0.1, 0.15) is 18.0 Å². The van der Waals surface area contributed by atoms with Gasteiger partial charge in [0, 0.05) is 38.1 Å². The zero-order valence-corrected chi connectivity index (χ0v) is 23.1. The minimum Gasteiger partial charge on any atom is -0.368 e. The van der Waals surface area contributed by atoms with Gasteiger partial charge in [-0.1, -0.05) is 25.1 Å². The number of aromatic nitrogens is 5. The Morgan fingerprint density at radius 3 is 2.80 bits per heavy atom. The first-order valence-electron chi connectivity index (χ1n) is 13.7. The van der Waals surface area contributed by atoms with Crippen molar-refractivity contribution in [1.29, 1.82) is 0 Å². The van der Waals surface area contributed by atoms with Gasteiger partial charge in [0.25, 0.3) is 5.91 Å². The molecule has 2 N–H and O–H groups in total. The largest absolute Gasteiger partial charge is 0.368 e. The molecule has 0 aromatic carbocycles. The molecule has 0 bridgehead atoms. The van der Waals surface area contributed by atoms with Gasteiger partial charge in [-0.25, -0.2) is 19.9 Å². The molecule has 6 rings (SSSR count). The van der Waals surface area contributed by atoms with E-state index in [1.807, 2.05) is 48.9 Å². The molecule has 40 heavy (non-hydrogen) atoms. The first-order valence-corrected chi connectivity index (χ1v) is 13.7. The molecule has 0 aliphatic carbocycles. The minimum absolute atomic E-state index is 0.271. The molecular formula is C28H34N8O4. The summed E-state index contributed by atoms with van der Waals surface area (Å²) in [6, 6.07) is 5.85. The molecule has 2 saturated heterocycles. The average molecular weight is 547 g/mol. The van der Waals surface area contributed by atoms with Gasteiger partial charge in [-0.3, -0.25) is 9.36 Å². The standard InChI is InChI=1S/C28H34N8O4/c1-5-12-31-24-19-25(34-23(33-24)17-10-7-9-14-35(15-17)18-11-6-8-13-30-18)36(16-32-19)27-22-20(39-28(2,3)40-22)21(38-27)26(37)29-4/h6-8,10-11,13,15-16,20-22,27H,5,9,12,14H2,1-4H3,(H,29,37)(H,31,33,34)/t20-,21+,22-,27-/m1/s1. The van der Waals surface area contributed by atoms with E-state index in [0.29, 0.717) is 22.8 Å². The molecule has 6 heterocycles. The topological polar surface area (TPSA) is 129 Å². The van der Waals surface area contributed by atoms with Crippen molar-refractivity contribution in [3.63, 3.8) is 0 Å². The van der Waals surface area contributed by atoms with Crippen molar-refractivity contribution < 1.29 is 19.0 Å². The first kappa shape index (κ1) is 26.4. The Hall–Kier alpha value is -3.87. The predicted octanol–water partition coefficient (Wildman–Crippen LogP) is 3.01. The number of anilines is 2. The number of hydrogen-bond donors (Lipinski definition) is 2. The summed E-state index contributed by atoms with van der Waals surface area (Å²) in [5.74, 6) is 0.884. The molecule has 12 nitrogen and oxygen atoms in total. The van der Waals surface area contributed by atoms with Gasteiger partial charge in [0.15, 0.2) is 40.9 Å². The number of amides is 1. The highest BCUT2D eigenvalue weighted by Crippen LogP contribution is 2.44. The third kappa shape index (κ3) is 4.82. The Bertz CT molecular complexity index is 1450. The number of likely N-dealkylation sites (N-methyl/N-ethyl adjacent to an activating group) is 1. The van der Waals surface area contributed by atoms with Crippen molar-refractivity contribution in [1.82, 2.24) is 29.8 Å². The number of nitrogens with zero attached hydrogens (tertiary/aromatic N) is 6. The minimum atomic E-state index is -0.862. The number of pyridine rings is 1. The van der Waals surface area contributed by atoms with Crippen molar-refractivity contribution in [2.75, 3.05) is 30.4 Å². The lowest BCUT2D eigenvalue weighted by Crippen LogP contribution is -2.41. The van der Waals surface area contributed by atoms with Crippen LogP contribution in [0, 0.1) is 0 Å². The maximum atomic E-state index is 12.7. The van der Waals surface area contributed by atoms with Crippen LogP contribution >= 0.6 is 0 Å². The second-order valence-electron chi connectivity index (χ2n) is 10.4. The summed E-state index contributed by atoms with van der Waals surface area (Å²) in [5.41, 5.74) is 2.02. The third-order valence-electron chi connectivity index (χ3n) is 7.10. The van der Waals surface area contributed by atoms with Gasteiger partial charge in [-0.15, -0.1) is 0 Å². The second kappa shape index (κ2) is 10.6. The third-order valence-corrected chi connectivity index (χ3v) is 7.10. The fourth-order valence-electron chi connectivity index (χ4n) is 5.29. The van der Waals surface area contributed by atoms with Crippen LogP contribution in [0.3, 0.4) is 0 Å². The fraction of sp³-hybridized carbons (Fsp3) is 0.464. The number of carbonyl (C=O) groups is 1. The Labute approximate surface area is 232 Å². The summed E-state index contributed by atoms with van der Waals surface area (Å²) in [6.07, 6.45) is 8.78. The van der Waals surface area contributed by atoms with Crippen molar-refractivity contribution in [3.05, 3.63) is 54.9 Å². The van der Waals surface area contributed by atoms with E-state index in [-0.39, 0.29) is 5.91 Å². The van der Waals surface area contributed by atoms with Crippen LogP contribution in [0.25, 0.3) is 16.7 Å². The first-order chi connectivity index (χ1) is 19.4. The highest BCUT2D eigenvalue weighted by Gasteiger charge is 2.58. The Kier molecular flexibility index (Phi) is 6.99. The van der Waals surface area contributed by atoms with Gasteiger partial charge < -0.3 is 29.7 Å². The molecular weight excluding hydrogens is 512 g/mol. The van der Waals surface area contributed by atoms with Crippen LogP contribution in [0.1, 0.15) is 45.7 Å². The summed E-state index contributed by atoms with van der Waals surface area (Å²) < 4.78 is 20.4. The molecule has 0 radical (unpaired) electrons. The number of carbonyl (C=O) groups excluding carboxylic acids is 1. The van der Waals surface area contributed by atoms with Gasteiger partial charge in [0.2, 0.25) is 0 Å². The number of ether oxygens (including phenoxy) is 3. The average Bonchev–Trinajstić information content (AvgIpc) is 3.54. The number of allylic oxidation sites excluding steroid dienone is 2. The number of fused-ring (bicyclic) bond motifs is 2. The SMILES string of the molecule is CCCNc1nc(C2=CN(c3ccccn3)CCC=C2)nc2c1ncn2[C@@H]1O[C@H](C(=O)NC)[C@H]2OC(C)(C)O[C@H]21. The van der Waals surface area contributed by atoms with Crippen LogP contribution in [-0.2, 0) is 19.0 Å². The Balaban J connectivity index is 1.44. The summed E-state index contributed by atoms with van der Waals surface area (Å²) in [6.45, 7) is 7.27. The second-order valence-corrected chi connectivity index (χ2v) is 10.4. The molecule has 0 unspecified atom stereocenters. The van der Waals surface area contributed by atoms with Gasteiger partial charge in [-0.05, 0) is 38.8 Å². The zero-order valence-electron chi connectivity index (χ0n) is 23.1. The maximum absolute atomic E-state index is 12.7. The summed E-state index contributed by atoms with van der Waals surface area (Å²) >= 11 is 0. The van der Waals surface area contributed by atoms with Crippen LogP contribution in [0.15, 0.2) is 49.1 Å². The van der Waals surface area contributed by atoms with Crippen LogP contribution in [0.5, 0.6) is 0 Å². The van der Waals surface area contributed by atoms with Crippen LogP contribution in [-0.4, -0.2) is 74.6 Å². The van der Waals surface area contributed by atoms with E-state index >= 15 is 0 Å². The van der Waals surface area contributed by atoms with Crippen LogP contribution in [0.4, 0.5) is 11.6 Å². The summed E-state index contributed by atoms with van der Waals surface area (Å²) in [5, 5.41) is 6.08. The van der Waals surface area contributed by atoms with Crippen LogP contribution in [0.2, 0.25) is 0 Å². The lowest BCUT2D eigenvalue weighted by atomic mass is 10.1. The van der Waals surface area contributed by atoms with E-state index in [9.17, 15) is 4.79 Å². The lowest BCUT2D eigenvalue weighted by Gasteiger charge is -2.24. The highest BCUT2D eigenvalue weighted by atomic mass is 16.8. The van der Waals surface area contributed by atoms with E-state index in [1.165, 1.54) is 0 Å². The smallest absolute Gasteiger partial charge is 0.251 e. The highest BCUT2D eigenvalue weighted by molar-refractivity contribution is 5.86. The quantitative estimate of drug-likeness (QED) is 0.456. The molecule has 0 spiro atoms. The number of nitrogens with one attached hydrogen (secondary N) is 2. The number of imidazole rings is 1. The Morgan fingerprint density at radius 2 is 2.02 bits per heavy atom. The van der Waals surface area contributed by atoms with E-state index < -0.39 is 30.3 Å². The van der Waals surface area contributed by atoms with Crippen molar-refractivity contribution >= 4 is 34.3 Å². The molecule has 1 amide bonds. The van der Waals surface area contributed by atoms with Crippen molar-refractivity contribution in [3.8, 4) is 0 Å². The van der Waals surface area contributed by atoms with E-state index in [2.05, 4.69) is 38.5 Å². The van der Waals surface area contributed by atoms with Crippen LogP contribution < -0.4 is 15.5 Å². The predicted molar refractivity (Wildman–Crippen MR) is 149 cm³/mol. The van der Waals surface area contributed by atoms with E-state index in [1.54, 1.807) is 19.6 Å². The monoisotopic (exact) mass is 546 g/mol. The summed E-state index contributed by atoms with van der Waals surface area (Å²) in [4.78, 5) is 33.9. The van der Waals surface area contributed by atoms with Gasteiger partial charge in [0.05, 0.1) is 6.33 Å². The molecule has 12 heteroatoms. The van der Waals surface area contributed by atoms with Gasteiger partial charge >= 0.3 is 0 Å². The summed E-state index contributed by atoms with van der Waals surface area (Å²) in [7, 11) is 1.58. The number of hydrogen-bond acceptors (Lipinski definition) is 10. The van der Waals surface area contributed by atoms with E-state index in [0.717, 1.165) is 37.3 Å². The molecule has 0 saturated carbocycles. The Morgan fingerprint density at radius 1 is 1.18 bits per heavy atom. The van der Waals surface area contributed by atoms with E-state index in [4.69, 9.17) is 24.2 Å². The number of rotatable bonds is 7. The van der Waals surface area contributed by atoms with Crippen molar-refractivity contribution in [2.24, 2.45) is 0 Å². The normalized spacial score (nSPS) is 25.5. The lowest BCUT2D eigenvalue weighted by molar-refractivity contribution is -0.197. The molecule has 3 aromatic heterocycles. The maximum Gasteiger partial charge on any atom is 0.251 e. The molecule has 3 aliphatic heterocycles. The molecule has 210 valence electrons. The molecule has 2 fully saturated rings. The fourth-order valence-corrected chi connectivity index (χ4v) is 5.29. The molecule has 4 atom stereocenters. The zero-order chi connectivity index (χ0) is 27.9.